The van der Waals surface area contributed by atoms with Crippen molar-refractivity contribution in [2.45, 2.75) is 31.7 Å². The third kappa shape index (κ3) is 5.28. The Labute approximate surface area is 111 Å². The van der Waals surface area contributed by atoms with E-state index in [1.807, 2.05) is 0 Å². The molecule has 0 fully saturated rings. The van der Waals surface area contributed by atoms with Crippen LogP contribution in [0, 0.1) is 0 Å². The third-order valence-corrected chi connectivity index (χ3v) is 2.48. The molecule has 0 aliphatic heterocycles. The molecule has 0 atom stereocenters. The van der Waals surface area contributed by atoms with E-state index in [9.17, 15) is 26.3 Å². The Morgan fingerprint density at radius 1 is 1.05 bits per heavy atom. The number of rotatable bonds is 5. The van der Waals surface area contributed by atoms with Crippen LogP contribution in [0.3, 0.4) is 0 Å². The smallest absolute Gasteiger partial charge is 0.416 e. The Kier molecular flexibility index (Phi) is 5.27. The molecule has 0 radical (unpaired) electrons. The van der Waals surface area contributed by atoms with E-state index in [4.69, 9.17) is 10.5 Å². The Bertz CT molecular complexity index is 441. The first kappa shape index (κ1) is 16.6. The molecule has 20 heavy (non-hydrogen) atoms. The second-order valence-electron chi connectivity index (χ2n) is 4.09. The van der Waals surface area contributed by atoms with Gasteiger partial charge >= 0.3 is 12.4 Å². The zero-order chi connectivity index (χ0) is 15.4. The van der Waals surface area contributed by atoms with Crippen LogP contribution in [-0.4, -0.2) is 12.8 Å². The van der Waals surface area contributed by atoms with Gasteiger partial charge in [0.15, 0.2) is 0 Å². The lowest BCUT2D eigenvalue weighted by Gasteiger charge is -2.14. The van der Waals surface area contributed by atoms with Crippen LogP contribution in [0.25, 0.3) is 0 Å². The van der Waals surface area contributed by atoms with Crippen LogP contribution >= 0.6 is 0 Å². The Hall–Kier alpha value is -1.44. The van der Waals surface area contributed by atoms with E-state index in [-0.39, 0.29) is 30.9 Å². The van der Waals surface area contributed by atoms with Gasteiger partial charge in [-0.1, -0.05) is 6.07 Å². The van der Waals surface area contributed by atoms with Crippen molar-refractivity contribution < 1.29 is 31.1 Å². The maximum absolute atomic E-state index is 12.7. The van der Waals surface area contributed by atoms with Gasteiger partial charge in [0.2, 0.25) is 0 Å². The fourth-order valence-electron chi connectivity index (χ4n) is 1.55. The van der Waals surface area contributed by atoms with Crippen LogP contribution in [-0.2, 0) is 12.7 Å². The van der Waals surface area contributed by atoms with Gasteiger partial charge < -0.3 is 10.5 Å². The first-order valence-corrected chi connectivity index (χ1v) is 5.73. The molecule has 0 saturated carbocycles. The monoisotopic (exact) mass is 301 g/mol. The molecular formula is C12H13F6NO. The number of hydrogen-bond acceptors (Lipinski definition) is 2. The highest BCUT2D eigenvalue weighted by Gasteiger charge is 2.33. The average molecular weight is 301 g/mol. The summed E-state index contributed by atoms with van der Waals surface area (Å²) in [6.07, 6.45) is -10.2. The van der Waals surface area contributed by atoms with Gasteiger partial charge in [-0.05, 0) is 24.1 Å². The molecule has 0 unspecified atom stereocenters. The summed E-state index contributed by atoms with van der Waals surface area (Å²) in [5.41, 5.74) is 4.17. The molecule has 1 aromatic rings. The maximum Gasteiger partial charge on any atom is 0.416 e. The predicted molar refractivity (Wildman–Crippen MR) is 60.1 cm³/mol. The van der Waals surface area contributed by atoms with Crippen molar-refractivity contribution >= 4 is 0 Å². The summed E-state index contributed by atoms with van der Waals surface area (Å²) in [5.74, 6) is -0.128. The molecule has 0 spiro atoms. The Balaban J connectivity index is 2.68. The summed E-state index contributed by atoms with van der Waals surface area (Å²) in [5, 5.41) is 0. The summed E-state index contributed by atoms with van der Waals surface area (Å²) < 4.78 is 78.6. The lowest BCUT2D eigenvalue weighted by molar-refractivity contribution is -0.138. The van der Waals surface area contributed by atoms with E-state index in [0.717, 1.165) is 12.1 Å². The Morgan fingerprint density at radius 2 is 1.70 bits per heavy atom. The van der Waals surface area contributed by atoms with Crippen LogP contribution in [0.15, 0.2) is 18.2 Å². The number of halogens is 6. The van der Waals surface area contributed by atoms with E-state index in [2.05, 4.69) is 0 Å². The third-order valence-electron chi connectivity index (χ3n) is 2.48. The number of benzene rings is 1. The van der Waals surface area contributed by atoms with E-state index < -0.39 is 24.3 Å². The summed E-state index contributed by atoms with van der Waals surface area (Å²) in [4.78, 5) is 0. The summed E-state index contributed by atoms with van der Waals surface area (Å²) in [6.45, 7) is -0.595. The largest absolute Gasteiger partial charge is 0.494 e. The first-order chi connectivity index (χ1) is 9.13. The minimum Gasteiger partial charge on any atom is -0.494 e. The lowest BCUT2D eigenvalue weighted by Crippen LogP contribution is -2.13. The molecule has 0 saturated heterocycles. The normalized spacial score (nSPS) is 12.6. The van der Waals surface area contributed by atoms with Gasteiger partial charge in [0.05, 0.1) is 12.2 Å². The van der Waals surface area contributed by atoms with Crippen molar-refractivity contribution in [2.24, 2.45) is 5.73 Å². The van der Waals surface area contributed by atoms with Crippen LogP contribution in [0.1, 0.15) is 24.0 Å². The summed E-state index contributed by atoms with van der Waals surface area (Å²) in [7, 11) is 0. The molecule has 8 heteroatoms. The van der Waals surface area contributed by atoms with Crippen molar-refractivity contribution in [3.63, 3.8) is 0 Å². The second-order valence-corrected chi connectivity index (χ2v) is 4.09. The first-order valence-electron chi connectivity index (χ1n) is 5.73. The van der Waals surface area contributed by atoms with Crippen molar-refractivity contribution in [1.29, 1.82) is 0 Å². The van der Waals surface area contributed by atoms with E-state index >= 15 is 0 Å². The number of nitrogens with two attached hydrogens (primary N) is 1. The number of ether oxygens (including phenoxy) is 1. The van der Waals surface area contributed by atoms with Gasteiger partial charge in [-0.25, -0.2) is 0 Å². The maximum atomic E-state index is 12.7. The molecule has 0 aliphatic carbocycles. The lowest BCUT2D eigenvalue weighted by atomic mass is 10.1. The molecule has 1 aromatic carbocycles. The van der Waals surface area contributed by atoms with Crippen LogP contribution in [0.4, 0.5) is 26.3 Å². The van der Waals surface area contributed by atoms with Gasteiger partial charge in [-0.15, -0.1) is 0 Å². The van der Waals surface area contributed by atoms with E-state index in [0.29, 0.717) is 0 Å². The zero-order valence-corrected chi connectivity index (χ0v) is 10.3. The molecule has 0 amide bonds. The minimum absolute atomic E-state index is 0.0971. The van der Waals surface area contributed by atoms with E-state index in [1.54, 1.807) is 0 Å². The zero-order valence-electron chi connectivity index (χ0n) is 10.3. The van der Waals surface area contributed by atoms with Gasteiger partial charge in [-0.2, -0.15) is 26.3 Å². The summed E-state index contributed by atoms with van der Waals surface area (Å²) in [6, 6.07) is 3.16. The predicted octanol–water partition coefficient (Wildman–Crippen LogP) is 3.89. The topological polar surface area (TPSA) is 35.2 Å². The van der Waals surface area contributed by atoms with Crippen molar-refractivity contribution in [1.82, 2.24) is 0 Å². The minimum atomic E-state index is -4.58. The molecule has 0 aromatic heterocycles. The molecule has 2 nitrogen and oxygen atoms in total. The van der Waals surface area contributed by atoms with Gasteiger partial charge in [0.25, 0.3) is 0 Å². The fraction of sp³-hybridized carbons (Fsp3) is 0.500. The molecule has 114 valence electrons. The molecule has 2 N–H and O–H groups in total. The molecule has 0 bridgehead atoms. The fourth-order valence-corrected chi connectivity index (χ4v) is 1.55. The second kappa shape index (κ2) is 6.34. The highest BCUT2D eigenvalue weighted by atomic mass is 19.4. The summed E-state index contributed by atoms with van der Waals surface area (Å²) >= 11 is 0. The highest BCUT2D eigenvalue weighted by Crippen LogP contribution is 2.34. The molecular weight excluding hydrogens is 288 g/mol. The highest BCUT2D eigenvalue weighted by molar-refractivity contribution is 5.37. The molecule has 1 rings (SSSR count). The SMILES string of the molecule is NCc1ccc(OCCCC(F)(F)F)cc1C(F)(F)F. The van der Waals surface area contributed by atoms with Crippen molar-refractivity contribution in [3.8, 4) is 5.75 Å². The van der Waals surface area contributed by atoms with Gasteiger partial charge in [-0.3, -0.25) is 0 Å². The number of alkyl halides is 6. The van der Waals surface area contributed by atoms with Gasteiger partial charge in [0, 0.05) is 13.0 Å². The van der Waals surface area contributed by atoms with Crippen LogP contribution in [0.5, 0.6) is 5.75 Å². The standard InChI is InChI=1S/C12H13F6NO/c13-11(14,15)4-1-5-20-9-3-2-8(7-19)10(6-9)12(16,17)18/h2-3,6H,1,4-5,7,19H2. The Morgan fingerprint density at radius 3 is 2.20 bits per heavy atom. The molecule has 0 heterocycles. The van der Waals surface area contributed by atoms with Crippen LogP contribution in [0.2, 0.25) is 0 Å². The molecule has 0 aliphatic rings. The average Bonchev–Trinajstić information content (AvgIpc) is 2.32. The van der Waals surface area contributed by atoms with Crippen molar-refractivity contribution in [2.75, 3.05) is 6.61 Å². The van der Waals surface area contributed by atoms with E-state index in [1.165, 1.54) is 6.07 Å². The number of hydrogen-bond donors (Lipinski definition) is 1. The van der Waals surface area contributed by atoms with Crippen LogP contribution < -0.4 is 10.5 Å². The van der Waals surface area contributed by atoms with Crippen molar-refractivity contribution in [3.05, 3.63) is 29.3 Å². The van der Waals surface area contributed by atoms with Gasteiger partial charge in [0.1, 0.15) is 5.75 Å². The quantitative estimate of drug-likeness (QED) is 0.661.